The summed E-state index contributed by atoms with van der Waals surface area (Å²) in [5.41, 5.74) is 3.41. The van der Waals surface area contributed by atoms with E-state index in [-0.39, 0.29) is 5.82 Å². The molecule has 2 aromatic carbocycles. The molecule has 0 bridgehead atoms. The number of fused-ring (bicyclic) bond motifs is 1. The van der Waals surface area contributed by atoms with Gasteiger partial charge in [0.25, 0.3) is 0 Å². The first-order valence-corrected chi connectivity index (χ1v) is 6.49. The van der Waals surface area contributed by atoms with Crippen LogP contribution < -0.4 is 0 Å². The van der Waals surface area contributed by atoms with Gasteiger partial charge in [-0.2, -0.15) is 0 Å². The number of benzene rings is 2. The highest BCUT2D eigenvalue weighted by Crippen LogP contribution is 2.25. The third-order valence-corrected chi connectivity index (χ3v) is 3.38. The Morgan fingerprint density at radius 2 is 2.05 bits per heavy atom. The third kappa shape index (κ3) is 2.22. The van der Waals surface area contributed by atoms with Crippen molar-refractivity contribution in [3.63, 3.8) is 0 Å². The SMILES string of the molecule is CCc1ccc2nc(-c3ccc(Cl)cc3F)[nH]c2c1. The second-order valence-electron chi connectivity index (χ2n) is 4.41. The molecule has 96 valence electrons. The summed E-state index contributed by atoms with van der Waals surface area (Å²) in [4.78, 5) is 7.56. The molecule has 0 saturated heterocycles. The topological polar surface area (TPSA) is 28.7 Å². The number of aromatic amines is 1. The van der Waals surface area contributed by atoms with Crippen LogP contribution in [-0.4, -0.2) is 9.97 Å². The molecule has 1 heterocycles. The number of aromatic nitrogens is 2. The standard InChI is InChI=1S/C15H12ClFN2/c1-2-9-3-6-13-14(7-9)19-15(18-13)11-5-4-10(16)8-12(11)17/h3-8H,2H2,1H3,(H,18,19). The lowest BCUT2D eigenvalue weighted by atomic mass is 10.1. The Bertz CT molecular complexity index is 749. The Kier molecular flexibility index (Phi) is 2.99. The number of H-pyrrole nitrogens is 1. The fourth-order valence-electron chi connectivity index (χ4n) is 2.09. The number of nitrogens with zero attached hydrogens (tertiary/aromatic N) is 1. The monoisotopic (exact) mass is 274 g/mol. The molecule has 0 aliphatic carbocycles. The summed E-state index contributed by atoms with van der Waals surface area (Å²) in [5.74, 6) is 0.152. The van der Waals surface area contributed by atoms with Gasteiger partial charge in [0, 0.05) is 5.02 Å². The van der Waals surface area contributed by atoms with Crippen LogP contribution in [-0.2, 0) is 6.42 Å². The first kappa shape index (κ1) is 12.2. The van der Waals surface area contributed by atoms with E-state index < -0.39 is 0 Å². The molecule has 0 atom stereocenters. The summed E-state index contributed by atoms with van der Waals surface area (Å²) >= 11 is 5.75. The van der Waals surface area contributed by atoms with Crippen LogP contribution in [0.1, 0.15) is 12.5 Å². The normalized spacial score (nSPS) is 11.1. The second kappa shape index (κ2) is 4.67. The van der Waals surface area contributed by atoms with Gasteiger partial charge in [-0.3, -0.25) is 0 Å². The van der Waals surface area contributed by atoms with Gasteiger partial charge in [0.05, 0.1) is 16.6 Å². The number of halogens is 2. The lowest BCUT2D eigenvalue weighted by Gasteiger charge is -1.99. The molecule has 0 unspecified atom stereocenters. The summed E-state index contributed by atoms with van der Waals surface area (Å²) in [6.07, 6.45) is 0.958. The van der Waals surface area contributed by atoms with E-state index in [1.54, 1.807) is 12.1 Å². The average molecular weight is 275 g/mol. The highest BCUT2D eigenvalue weighted by atomic mass is 35.5. The van der Waals surface area contributed by atoms with Crippen molar-refractivity contribution in [2.24, 2.45) is 0 Å². The smallest absolute Gasteiger partial charge is 0.141 e. The number of hydrogen-bond acceptors (Lipinski definition) is 1. The minimum Gasteiger partial charge on any atom is -0.338 e. The molecule has 1 N–H and O–H groups in total. The van der Waals surface area contributed by atoms with E-state index in [1.165, 1.54) is 11.6 Å². The minimum atomic E-state index is -0.373. The molecule has 0 fully saturated rings. The maximum atomic E-state index is 13.9. The number of imidazole rings is 1. The molecule has 0 spiro atoms. The zero-order chi connectivity index (χ0) is 13.4. The summed E-state index contributed by atoms with van der Waals surface area (Å²) in [5, 5.41) is 0.380. The Balaban J connectivity index is 2.14. The molecule has 0 radical (unpaired) electrons. The van der Waals surface area contributed by atoms with Gasteiger partial charge in [0.15, 0.2) is 0 Å². The van der Waals surface area contributed by atoms with Crippen molar-refractivity contribution in [3.05, 3.63) is 52.8 Å². The molecule has 2 nitrogen and oxygen atoms in total. The molecule has 3 rings (SSSR count). The van der Waals surface area contributed by atoms with Crippen molar-refractivity contribution < 1.29 is 4.39 Å². The molecular formula is C15H12ClFN2. The number of aryl methyl sites for hydroxylation is 1. The van der Waals surface area contributed by atoms with Gasteiger partial charge in [0.1, 0.15) is 11.6 Å². The van der Waals surface area contributed by atoms with E-state index in [0.717, 1.165) is 17.5 Å². The van der Waals surface area contributed by atoms with Gasteiger partial charge in [-0.05, 0) is 42.3 Å². The Hall–Kier alpha value is -1.87. The van der Waals surface area contributed by atoms with E-state index in [1.807, 2.05) is 18.2 Å². The van der Waals surface area contributed by atoms with Crippen molar-refractivity contribution in [3.8, 4) is 11.4 Å². The average Bonchev–Trinajstić information content (AvgIpc) is 2.80. The van der Waals surface area contributed by atoms with Crippen molar-refractivity contribution in [1.82, 2.24) is 9.97 Å². The van der Waals surface area contributed by atoms with Crippen LogP contribution in [0.15, 0.2) is 36.4 Å². The summed E-state index contributed by atoms with van der Waals surface area (Å²) in [6, 6.07) is 10.6. The number of nitrogens with one attached hydrogen (secondary N) is 1. The first-order valence-electron chi connectivity index (χ1n) is 6.11. The Morgan fingerprint density at radius 1 is 1.21 bits per heavy atom. The zero-order valence-corrected chi connectivity index (χ0v) is 11.1. The lowest BCUT2D eigenvalue weighted by Crippen LogP contribution is -1.85. The van der Waals surface area contributed by atoms with Gasteiger partial charge < -0.3 is 4.98 Å². The fraction of sp³-hybridized carbons (Fsp3) is 0.133. The maximum Gasteiger partial charge on any atom is 0.141 e. The number of rotatable bonds is 2. The van der Waals surface area contributed by atoms with Gasteiger partial charge in [-0.25, -0.2) is 9.37 Å². The highest BCUT2D eigenvalue weighted by molar-refractivity contribution is 6.30. The Morgan fingerprint density at radius 3 is 2.79 bits per heavy atom. The van der Waals surface area contributed by atoms with Crippen LogP contribution in [0, 0.1) is 5.82 Å². The molecule has 0 saturated carbocycles. The van der Waals surface area contributed by atoms with Crippen LogP contribution in [0.4, 0.5) is 4.39 Å². The molecule has 0 amide bonds. The van der Waals surface area contributed by atoms with Crippen molar-refractivity contribution in [1.29, 1.82) is 0 Å². The summed E-state index contributed by atoms with van der Waals surface area (Å²) in [7, 11) is 0. The second-order valence-corrected chi connectivity index (χ2v) is 4.85. The first-order chi connectivity index (χ1) is 9.17. The quantitative estimate of drug-likeness (QED) is 0.728. The van der Waals surface area contributed by atoms with Crippen LogP contribution in [0.3, 0.4) is 0 Å². The molecule has 3 aromatic rings. The zero-order valence-electron chi connectivity index (χ0n) is 10.4. The summed E-state index contributed by atoms with van der Waals surface area (Å²) in [6.45, 7) is 2.09. The van der Waals surface area contributed by atoms with E-state index in [9.17, 15) is 4.39 Å². The van der Waals surface area contributed by atoms with Gasteiger partial charge in [0.2, 0.25) is 0 Å². The molecule has 0 aliphatic rings. The van der Waals surface area contributed by atoms with E-state index in [0.29, 0.717) is 16.4 Å². The fourth-order valence-corrected chi connectivity index (χ4v) is 2.24. The lowest BCUT2D eigenvalue weighted by molar-refractivity contribution is 0.630. The molecule has 4 heteroatoms. The molecule has 1 aromatic heterocycles. The molecule has 19 heavy (non-hydrogen) atoms. The third-order valence-electron chi connectivity index (χ3n) is 3.14. The highest BCUT2D eigenvalue weighted by Gasteiger charge is 2.10. The Labute approximate surface area is 115 Å². The predicted molar refractivity (Wildman–Crippen MR) is 75.9 cm³/mol. The van der Waals surface area contributed by atoms with Crippen LogP contribution in [0.5, 0.6) is 0 Å². The van der Waals surface area contributed by atoms with E-state index in [2.05, 4.69) is 16.9 Å². The largest absolute Gasteiger partial charge is 0.338 e. The van der Waals surface area contributed by atoms with Gasteiger partial charge in [-0.15, -0.1) is 0 Å². The van der Waals surface area contributed by atoms with Gasteiger partial charge >= 0.3 is 0 Å². The van der Waals surface area contributed by atoms with Crippen molar-refractivity contribution in [2.75, 3.05) is 0 Å². The van der Waals surface area contributed by atoms with Gasteiger partial charge in [-0.1, -0.05) is 24.6 Å². The predicted octanol–water partition coefficient (Wildman–Crippen LogP) is 4.58. The summed E-state index contributed by atoms with van der Waals surface area (Å²) < 4.78 is 13.9. The van der Waals surface area contributed by atoms with Crippen LogP contribution >= 0.6 is 11.6 Å². The van der Waals surface area contributed by atoms with E-state index in [4.69, 9.17) is 11.6 Å². The molecular weight excluding hydrogens is 263 g/mol. The minimum absolute atomic E-state index is 0.373. The maximum absolute atomic E-state index is 13.9. The van der Waals surface area contributed by atoms with Crippen LogP contribution in [0.25, 0.3) is 22.4 Å². The molecule has 0 aliphatic heterocycles. The van der Waals surface area contributed by atoms with E-state index >= 15 is 0 Å². The van der Waals surface area contributed by atoms with Crippen molar-refractivity contribution in [2.45, 2.75) is 13.3 Å². The van der Waals surface area contributed by atoms with Crippen LogP contribution in [0.2, 0.25) is 5.02 Å². The number of hydrogen-bond donors (Lipinski definition) is 1. The van der Waals surface area contributed by atoms with Crippen molar-refractivity contribution >= 4 is 22.6 Å².